The summed E-state index contributed by atoms with van der Waals surface area (Å²) in [6.45, 7) is 3.79. The average Bonchev–Trinajstić information content (AvgIpc) is 2.44. The number of carbonyl (C=O) groups is 1. The summed E-state index contributed by atoms with van der Waals surface area (Å²) < 4.78 is 0. The lowest BCUT2D eigenvalue weighted by Crippen LogP contribution is -2.16. The van der Waals surface area contributed by atoms with Crippen molar-refractivity contribution < 1.29 is 4.79 Å². The second-order valence-corrected chi connectivity index (χ2v) is 5.03. The number of hydrogen-bond acceptors (Lipinski definition) is 2. The molecule has 0 fully saturated rings. The fraction of sp³-hybridized carbons (Fsp3) is 0.294. The van der Waals surface area contributed by atoms with Crippen molar-refractivity contribution in [2.45, 2.75) is 32.1 Å². The van der Waals surface area contributed by atoms with E-state index >= 15 is 0 Å². The topological polar surface area (TPSA) is 30.0 Å². The minimum absolute atomic E-state index is 0.263. The molecule has 96 valence electrons. The summed E-state index contributed by atoms with van der Waals surface area (Å²) in [5.41, 5.74) is 4.07. The Bertz CT molecular complexity index is 658. The van der Waals surface area contributed by atoms with Gasteiger partial charge in [-0.2, -0.15) is 0 Å². The lowest BCUT2D eigenvalue weighted by Gasteiger charge is -2.19. The van der Waals surface area contributed by atoms with Gasteiger partial charge in [-0.15, -0.1) is 6.58 Å². The van der Waals surface area contributed by atoms with Crippen molar-refractivity contribution in [3.8, 4) is 0 Å². The van der Waals surface area contributed by atoms with Gasteiger partial charge in [0.2, 0.25) is 0 Å². The maximum atomic E-state index is 12.2. The number of nitrogens with zero attached hydrogens (tertiary/aromatic N) is 1. The molecule has 1 aliphatic rings. The number of aromatic nitrogens is 1. The molecule has 19 heavy (non-hydrogen) atoms. The van der Waals surface area contributed by atoms with Crippen LogP contribution in [0.4, 0.5) is 0 Å². The van der Waals surface area contributed by atoms with Crippen molar-refractivity contribution in [1.29, 1.82) is 0 Å². The molecular formula is C17H17NO. The molecule has 0 unspecified atom stereocenters. The first-order valence-corrected chi connectivity index (χ1v) is 6.86. The molecule has 1 heterocycles. The van der Waals surface area contributed by atoms with E-state index in [0.29, 0.717) is 6.42 Å². The fourth-order valence-electron chi connectivity index (χ4n) is 2.89. The van der Waals surface area contributed by atoms with E-state index in [1.165, 1.54) is 5.56 Å². The number of Topliss-reactive ketones (excluding diaryl/α,β-unsaturated/α-hetero) is 1. The predicted octanol–water partition coefficient (Wildman–Crippen LogP) is 3.87. The number of aryl methyl sites for hydroxylation is 2. The van der Waals surface area contributed by atoms with Crippen LogP contribution in [0.2, 0.25) is 0 Å². The van der Waals surface area contributed by atoms with Crippen LogP contribution in [-0.4, -0.2) is 10.8 Å². The van der Waals surface area contributed by atoms with Gasteiger partial charge in [0, 0.05) is 17.4 Å². The first kappa shape index (κ1) is 12.1. The largest absolute Gasteiger partial charge is 0.294 e. The first-order chi connectivity index (χ1) is 9.31. The summed E-state index contributed by atoms with van der Waals surface area (Å²) in [6, 6.07) is 8.12. The normalized spacial score (nSPS) is 14.4. The smallest absolute Gasteiger partial charge is 0.165 e. The van der Waals surface area contributed by atoms with Crippen LogP contribution in [-0.2, 0) is 12.8 Å². The molecule has 0 N–H and O–H groups in total. The summed E-state index contributed by atoms with van der Waals surface area (Å²) in [5, 5.41) is 1.12. The molecule has 0 saturated carbocycles. The summed E-state index contributed by atoms with van der Waals surface area (Å²) >= 11 is 0. The van der Waals surface area contributed by atoms with Gasteiger partial charge in [-0.3, -0.25) is 9.78 Å². The molecule has 0 spiro atoms. The highest BCUT2D eigenvalue weighted by molar-refractivity contribution is 6.03. The number of para-hydroxylation sites is 1. The Labute approximate surface area is 113 Å². The highest BCUT2D eigenvalue weighted by Crippen LogP contribution is 2.30. The second-order valence-electron chi connectivity index (χ2n) is 5.03. The third-order valence-corrected chi connectivity index (χ3v) is 3.77. The van der Waals surface area contributed by atoms with Crippen LogP contribution in [0, 0.1) is 0 Å². The van der Waals surface area contributed by atoms with E-state index in [-0.39, 0.29) is 5.78 Å². The number of carbonyl (C=O) groups excluding carboxylic acids is 1. The number of ketones is 1. The minimum atomic E-state index is 0.263. The van der Waals surface area contributed by atoms with Crippen molar-refractivity contribution in [3.63, 3.8) is 0 Å². The second kappa shape index (κ2) is 4.96. The van der Waals surface area contributed by atoms with Crippen LogP contribution in [0.3, 0.4) is 0 Å². The van der Waals surface area contributed by atoms with E-state index in [1.54, 1.807) is 0 Å². The summed E-state index contributed by atoms with van der Waals surface area (Å²) in [6.07, 6.45) is 6.20. The molecule has 0 radical (unpaired) electrons. The van der Waals surface area contributed by atoms with Crippen molar-refractivity contribution >= 4 is 16.7 Å². The Morgan fingerprint density at radius 2 is 2.11 bits per heavy atom. The van der Waals surface area contributed by atoms with E-state index in [4.69, 9.17) is 0 Å². The van der Waals surface area contributed by atoms with Gasteiger partial charge in [-0.25, -0.2) is 0 Å². The van der Waals surface area contributed by atoms with Crippen LogP contribution in [0.15, 0.2) is 36.9 Å². The minimum Gasteiger partial charge on any atom is -0.294 e. The Balaban J connectivity index is 2.28. The molecule has 0 aliphatic heterocycles. The van der Waals surface area contributed by atoms with Crippen LogP contribution >= 0.6 is 0 Å². The van der Waals surface area contributed by atoms with Gasteiger partial charge < -0.3 is 0 Å². The molecule has 2 nitrogen and oxygen atoms in total. The Morgan fingerprint density at radius 3 is 2.95 bits per heavy atom. The fourth-order valence-corrected chi connectivity index (χ4v) is 2.89. The van der Waals surface area contributed by atoms with E-state index in [9.17, 15) is 4.79 Å². The maximum Gasteiger partial charge on any atom is 0.165 e. The Kier molecular flexibility index (Phi) is 3.16. The van der Waals surface area contributed by atoms with E-state index in [0.717, 1.165) is 47.8 Å². The predicted molar refractivity (Wildman–Crippen MR) is 77.5 cm³/mol. The zero-order chi connectivity index (χ0) is 13.2. The van der Waals surface area contributed by atoms with Crippen molar-refractivity contribution in [3.05, 3.63) is 53.7 Å². The molecule has 1 aliphatic carbocycles. The van der Waals surface area contributed by atoms with E-state index in [1.807, 2.05) is 24.3 Å². The molecule has 1 aromatic carbocycles. The van der Waals surface area contributed by atoms with Crippen molar-refractivity contribution in [1.82, 2.24) is 4.98 Å². The molecule has 0 saturated heterocycles. The molecule has 1 aromatic heterocycles. The average molecular weight is 251 g/mol. The Hall–Kier alpha value is -1.96. The molecule has 2 heteroatoms. The highest BCUT2D eigenvalue weighted by Gasteiger charge is 2.23. The van der Waals surface area contributed by atoms with Crippen molar-refractivity contribution in [2.24, 2.45) is 0 Å². The van der Waals surface area contributed by atoms with Gasteiger partial charge in [-0.1, -0.05) is 24.3 Å². The zero-order valence-electron chi connectivity index (χ0n) is 11.0. The van der Waals surface area contributed by atoms with E-state index < -0.39 is 0 Å². The number of rotatable bonds is 3. The lowest BCUT2D eigenvalue weighted by atomic mass is 9.87. The first-order valence-electron chi connectivity index (χ1n) is 6.86. The van der Waals surface area contributed by atoms with Gasteiger partial charge in [-0.05, 0) is 37.3 Å². The monoisotopic (exact) mass is 251 g/mol. The quantitative estimate of drug-likeness (QED) is 0.775. The van der Waals surface area contributed by atoms with Crippen molar-refractivity contribution in [2.75, 3.05) is 0 Å². The number of fused-ring (bicyclic) bond motifs is 2. The van der Waals surface area contributed by atoms with Crippen LogP contribution in [0.5, 0.6) is 0 Å². The number of hydrogen-bond donors (Lipinski definition) is 0. The van der Waals surface area contributed by atoms with Gasteiger partial charge in [0.15, 0.2) is 5.78 Å². The van der Waals surface area contributed by atoms with Gasteiger partial charge in [0.25, 0.3) is 0 Å². The molecule has 3 rings (SSSR count). The Morgan fingerprint density at radius 1 is 1.26 bits per heavy atom. The van der Waals surface area contributed by atoms with Gasteiger partial charge in [0.1, 0.15) is 0 Å². The number of benzene rings is 1. The summed E-state index contributed by atoms with van der Waals surface area (Å²) in [7, 11) is 0. The molecule has 0 amide bonds. The SMILES string of the molecule is C=CCCc1c2c(nc3ccccc13)CCCC2=O. The van der Waals surface area contributed by atoms with Crippen LogP contribution < -0.4 is 0 Å². The maximum absolute atomic E-state index is 12.2. The number of pyridine rings is 1. The van der Waals surface area contributed by atoms with E-state index in [2.05, 4.69) is 17.6 Å². The third-order valence-electron chi connectivity index (χ3n) is 3.77. The summed E-state index contributed by atoms with van der Waals surface area (Å²) in [4.78, 5) is 16.9. The third kappa shape index (κ3) is 2.07. The van der Waals surface area contributed by atoms with Gasteiger partial charge >= 0.3 is 0 Å². The highest BCUT2D eigenvalue weighted by atomic mass is 16.1. The molecule has 0 bridgehead atoms. The number of allylic oxidation sites excluding steroid dienone is 1. The molecular weight excluding hydrogens is 234 g/mol. The zero-order valence-corrected chi connectivity index (χ0v) is 11.0. The van der Waals surface area contributed by atoms with Gasteiger partial charge in [0.05, 0.1) is 11.2 Å². The standard InChI is InChI=1S/C17H17NO/c1-2-3-7-13-12-8-4-5-9-14(12)18-15-10-6-11-16(19)17(13)15/h2,4-5,8-9H,1,3,6-7,10-11H2. The molecule has 0 atom stereocenters. The lowest BCUT2D eigenvalue weighted by molar-refractivity contribution is 0.0971. The van der Waals surface area contributed by atoms with Crippen LogP contribution in [0.1, 0.15) is 40.9 Å². The molecule has 2 aromatic rings. The van der Waals surface area contributed by atoms with Crippen LogP contribution in [0.25, 0.3) is 10.9 Å². The summed E-state index contributed by atoms with van der Waals surface area (Å²) in [5.74, 6) is 0.263.